The molecule has 0 unspecified atom stereocenters. The molecule has 1 aliphatic rings. The van der Waals surface area contributed by atoms with Crippen molar-refractivity contribution >= 4 is 11.7 Å². The van der Waals surface area contributed by atoms with Gasteiger partial charge in [0.25, 0.3) is 0 Å². The van der Waals surface area contributed by atoms with E-state index in [1.165, 1.54) is 11.1 Å². The van der Waals surface area contributed by atoms with E-state index in [9.17, 15) is 4.79 Å². The van der Waals surface area contributed by atoms with Crippen molar-refractivity contribution in [1.82, 2.24) is 15.5 Å². The number of anilines is 1. The van der Waals surface area contributed by atoms with Crippen LogP contribution in [0.2, 0.25) is 0 Å². The summed E-state index contributed by atoms with van der Waals surface area (Å²) < 4.78 is 5.02. The van der Waals surface area contributed by atoms with E-state index in [2.05, 4.69) is 52.5 Å². The van der Waals surface area contributed by atoms with E-state index in [4.69, 9.17) is 4.74 Å². The minimum Gasteiger partial charge on any atom is -0.385 e. The molecule has 2 aromatic rings. The fourth-order valence-electron chi connectivity index (χ4n) is 3.52. The van der Waals surface area contributed by atoms with Crippen LogP contribution in [0, 0.1) is 19.8 Å². The van der Waals surface area contributed by atoms with E-state index in [0.717, 1.165) is 42.9 Å². The van der Waals surface area contributed by atoms with Crippen LogP contribution >= 0.6 is 0 Å². The molecule has 1 atom stereocenters. The van der Waals surface area contributed by atoms with Crippen LogP contribution in [0.3, 0.4) is 0 Å². The number of aromatic nitrogens is 2. The lowest BCUT2D eigenvalue weighted by atomic mass is 9.97. The van der Waals surface area contributed by atoms with E-state index < -0.39 is 0 Å². The fraction of sp³-hybridized carbons (Fsp3) is 0.500. The largest absolute Gasteiger partial charge is 0.385 e. The van der Waals surface area contributed by atoms with Gasteiger partial charge in [-0.25, -0.2) is 0 Å². The number of nitrogens with zero attached hydrogens (tertiary/aromatic N) is 3. The van der Waals surface area contributed by atoms with Gasteiger partial charge in [0, 0.05) is 38.9 Å². The topological polar surface area (TPSA) is 67.3 Å². The van der Waals surface area contributed by atoms with Gasteiger partial charge in [0.05, 0.1) is 11.6 Å². The van der Waals surface area contributed by atoms with Gasteiger partial charge in [0.1, 0.15) is 0 Å². The quantitative estimate of drug-likeness (QED) is 0.745. The van der Waals surface area contributed by atoms with Crippen LogP contribution in [0.1, 0.15) is 30.4 Å². The maximum absolute atomic E-state index is 12.4. The van der Waals surface area contributed by atoms with E-state index in [-0.39, 0.29) is 11.8 Å². The van der Waals surface area contributed by atoms with Gasteiger partial charge in [-0.15, -0.1) is 10.2 Å². The zero-order chi connectivity index (χ0) is 19.9. The second kappa shape index (κ2) is 9.64. The van der Waals surface area contributed by atoms with E-state index in [1.807, 2.05) is 12.1 Å². The number of aryl methyl sites for hydroxylation is 2. The number of amides is 1. The molecule has 3 rings (SSSR count). The first-order chi connectivity index (χ1) is 13.6. The Bertz CT molecular complexity index is 792. The van der Waals surface area contributed by atoms with Gasteiger partial charge >= 0.3 is 0 Å². The van der Waals surface area contributed by atoms with Crippen molar-refractivity contribution in [3.8, 4) is 11.3 Å². The van der Waals surface area contributed by atoms with Crippen molar-refractivity contribution in [3.05, 3.63) is 41.5 Å². The van der Waals surface area contributed by atoms with Crippen LogP contribution in [-0.4, -0.2) is 49.5 Å². The Balaban J connectivity index is 1.61. The highest BCUT2D eigenvalue weighted by molar-refractivity contribution is 5.79. The first kappa shape index (κ1) is 20.3. The summed E-state index contributed by atoms with van der Waals surface area (Å²) in [6.07, 6.45) is 2.74. The molecule has 0 aliphatic carbocycles. The highest BCUT2D eigenvalue weighted by atomic mass is 16.5. The summed E-state index contributed by atoms with van der Waals surface area (Å²) in [6, 6.07) is 10.4. The second-order valence-corrected chi connectivity index (χ2v) is 7.50. The summed E-state index contributed by atoms with van der Waals surface area (Å²) in [5.74, 6) is 0.961. The normalized spacial score (nSPS) is 16.8. The van der Waals surface area contributed by atoms with Crippen LogP contribution in [0.5, 0.6) is 0 Å². The third-order valence-corrected chi connectivity index (χ3v) is 5.39. The molecule has 1 aromatic heterocycles. The van der Waals surface area contributed by atoms with Gasteiger partial charge in [0.2, 0.25) is 5.91 Å². The second-order valence-electron chi connectivity index (χ2n) is 7.50. The maximum atomic E-state index is 12.4. The van der Waals surface area contributed by atoms with E-state index in [0.29, 0.717) is 19.7 Å². The molecule has 0 bridgehead atoms. The molecular formula is C22H30N4O2. The van der Waals surface area contributed by atoms with E-state index >= 15 is 0 Å². The third-order valence-electron chi connectivity index (χ3n) is 5.39. The first-order valence-corrected chi connectivity index (χ1v) is 10.0. The van der Waals surface area contributed by atoms with Crippen LogP contribution in [0.15, 0.2) is 30.3 Å². The molecule has 1 saturated heterocycles. The lowest BCUT2D eigenvalue weighted by Crippen LogP contribution is -2.43. The lowest BCUT2D eigenvalue weighted by molar-refractivity contribution is -0.125. The van der Waals surface area contributed by atoms with Gasteiger partial charge in [-0.1, -0.05) is 12.1 Å². The molecule has 1 amide bonds. The van der Waals surface area contributed by atoms with Gasteiger partial charge in [0.15, 0.2) is 5.82 Å². The zero-order valence-corrected chi connectivity index (χ0v) is 17.1. The Morgan fingerprint density at radius 2 is 2.07 bits per heavy atom. The van der Waals surface area contributed by atoms with Crippen LogP contribution in [-0.2, 0) is 9.53 Å². The number of hydrogen-bond donors (Lipinski definition) is 1. The van der Waals surface area contributed by atoms with Gasteiger partial charge in [-0.3, -0.25) is 4.79 Å². The molecule has 28 heavy (non-hydrogen) atoms. The summed E-state index contributed by atoms with van der Waals surface area (Å²) in [4.78, 5) is 14.6. The Morgan fingerprint density at radius 3 is 2.79 bits per heavy atom. The summed E-state index contributed by atoms with van der Waals surface area (Å²) in [7, 11) is 1.67. The van der Waals surface area contributed by atoms with Crippen molar-refractivity contribution in [2.75, 3.05) is 38.3 Å². The number of nitrogens with one attached hydrogen (secondary N) is 1. The minimum atomic E-state index is -0.00230. The highest BCUT2D eigenvalue weighted by Crippen LogP contribution is 2.24. The van der Waals surface area contributed by atoms with Gasteiger partial charge < -0.3 is 15.0 Å². The molecule has 1 fully saturated rings. The Labute approximate surface area is 167 Å². The predicted molar refractivity (Wildman–Crippen MR) is 111 cm³/mol. The zero-order valence-electron chi connectivity index (χ0n) is 17.1. The smallest absolute Gasteiger partial charge is 0.224 e. The molecule has 6 heteroatoms. The van der Waals surface area contributed by atoms with Crippen LogP contribution < -0.4 is 10.2 Å². The molecule has 0 saturated carbocycles. The molecule has 0 spiro atoms. The lowest BCUT2D eigenvalue weighted by Gasteiger charge is -2.32. The number of benzene rings is 1. The molecule has 2 heterocycles. The number of carbonyl (C=O) groups is 1. The third kappa shape index (κ3) is 5.07. The maximum Gasteiger partial charge on any atom is 0.224 e. The number of methoxy groups -OCH3 is 1. The number of piperidine rings is 1. The SMILES string of the molecule is COCCCNC(=O)[C@@H]1CCCN(c2ccc(-c3ccc(C)c(C)c3)nn2)C1. The average Bonchev–Trinajstić information content (AvgIpc) is 2.73. The van der Waals surface area contributed by atoms with Crippen molar-refractivity contribution in [2.45, 2.75) is 33.1 Å². The predicted octanol–water partition coefficient (Wildman–Crippen LogP) is 3.13. The van der Waals surface area contributed by atoms with E-state index in [1.54, 1.807) is 7.11 Å². The molecule has 6 nitrogen and oxygen atoms in total. The molecule has 1 N–H and O–H groups in total. The number of rotatable bonds is 7. The molecule has 1 aromatic carbocycles. The summed E-state index contributed by atoms with van der Waals surface area (Å²) in [5, 5.41) is 11.9. The number of carbonyl (C=O) groups excluding carboxylic acids is 1. The highest BCUT2D eigenvalue weighted by Gasteiger charge is 2.26. The van der Waals surface area contributed by atoms with Crippen molar-refractivity contribution < 1.29 is 9.53 Å². The fourth-order valence-corrected chi connectivity index (χ4v) is 3.52. The molecule has 0 radical (unpaired) electrons. The Hall–Kier alpha value is -2.47. The summed E-state index contributed by atoms with van der Waals surface area (Å²) in [5.41, 5.74) is 4.47. The van der Waals surface area contributed by atoms with Gasteiger partial charge in [-0.2, -0.15) is 0 Å². The van der Waals surface area contributed by atoms with Gasteiger partial charge in [-0.05, 0) is 62.4 Å². The summed E-state index contributed by atoms with van der Waals surface area (Å²) in [6.45, 7) is 7.13. The summed E-state index contributed by atoms with van der Waals surface area (Å²) >= 11 is 0. The monoisotopic (exact) mass is 382 g/mol. The molecule has 1 aliphatic heterocycles. The first-order valence-electron chi connectivity index (χ1n) is 10.0. The van der Waals surface area contributed by atoms with Crippen molar-refractivity contribution in [3.63, 3.8) is 0 Å². The van der Waals surface area contributed by atoms with Crippen LogP contribution in [0.4, 0.5) is 5.82 Å². The Morgan fingerprint density at radius 1 is 1.21 bits per heavy atom. The van der Waals surface area contributed by atoms with Crippen molar-refractivity contribution in [1.29, 1.82) is 0 Å². The number of ether oxygens (including phenoxy) is 1. The number of hydrogen-bond acceptors (Lipinski definition) is 5. The standard InChI is InChI=1S/C22H30N4O2/c1-16-7-8-18(14-17(16)2)20-9-10-21(25-24-20)26-12-4-6-19(15-26)22(27)23-11-5-13-28-3/h7-10,14,19H,4-6,11-13,15H2,1-3H3,(H,23,27)/t19-/m1/s1. The minimum absolute atomic E-state index is 0.00230. The molecular weight excluding hydrogens is 352 g/mol. The van der Waals surface area contributed by atoms with Crippen LogP contribution in [0.25, 0.3) is 11.3 Å². The average molecular weight is 383 g/mol. The Kier molecular flexibility index (Phi) is 6.98. The van der Waals surface area contributed by atoms with Crippen molar-refractivity contribution in [2.24, 2.45) is 5.92 Å². The molecule has 150 valence electrons.